The van der Waals surface area contributed by atoms with Gasteiger partial charge in [0.1, 0.15) is 5.75 Å². The predicted octanol–water partition coefficient (Wildman–Crippen LogP) is 2.97. The number of hydrogen-bond donors (Lipinski definition) is 1. The lowest BCUT2D eigenvalue weighted by Crippen LogP contribution is -2.40. The molecule has 1 aliphatic rings. The van der Waals surface area contributed by atoms with E-state index >= 15 is 0 Å². The quantitative estimate of drug-likeness (QED) is 0.927. The third-order valence-corrected chi connectivity index (χ3v) is 3.95. The summed E-state index contributed by atoms with van der Waals surface area (Å²) in [7, 11) is 1.69. The molecule has 0 radical (unpaired) electrons. The van der Waals surface area contributed by atoms with E-state index in [-0.39, 0.29) is 0 Å². The van der Waals surface area contributed by atoms with Gasteiger partial charge in [-0.05, 0) is 37.1 Å². The summed E-state index contributed by atoms with van der Waals surface area (Å²) in [6.07, 6.45) is 1.47. The summed E-state index contributed by atoms with van der Waals surface area (Å²) in [5.74, 6) is 1.50. The Morgan fingerprint density at radius 3 is 3.00 bits per heavy atom. The van der Waals surface area contributed by atoms with Crippen LogP contribution in [0.2, 0.25) is 0 Å². The Balaban J connectivity index is 1.98. The Morgan fingerprint density at radius 2 is 2.28 bits per heavy atom. The second-order valence-electron chi connectivity index (χ2n) is 4.78. The minimum atomic E-state index is 0.294. The van der Waals surface area contributed by atoms with Crippen LogP contribution in [0, 0.1) is 5.92 Å². The molecule has 2 atom stereocenters. The van der Waals surface area contributed by atoms with Crippen molar-refractivity contribution in [2.45, 2.75) is 26.1 Å². The molecule has 1 aromatic rings. The van der Waals surface area contributed by atoms with E-state index in [1.807, 2.05) is 12.1 Å². The minimum absolute atomic E-state index is 0.294. The second kappa shape index (κ2) is 6.55. The smallest absolute Gasteiger partial charge is 0.124 e. The first-order valence-electron chi connectivity index (χ1n) is 6.35. The highest BCUT2D eigenvalue weighted by Crippen LogP contribution is 2.25. The van der Waals surface area contributed by atoms with Crippen molar-refractivity contribution < 1.29 is 9.47 Å². The summed E-state index contributed by atoms with van der Waals surface area (Å²) in [5, 5.41) is 3.38. The lowest BCUT2D eigenvalue weighted by molar-refractivity contribution is -0.00726. The maximum absolute atomic E-state index is 6.02. The van der Waals surface area contributed by atoms with Gasteiger partial charge in [0.2, 0.25) is 0 Å². The van der Waals surface area contributed by atoms with Crippen LogP contribution in [0.1, 0.15) is 18.9 Å². The molecule has 4 heteroatoms. The lowest BCUT2D eigenvalue weighted by atomic mass is 9.97. The van der Waals surface area contributed by atoms with E-state index in [0.717, 1.165) is 28.9 Å². The average Bonchev–Trinajstić information content (AvgIpc) is 2.38. The van der Waals surface area contributed by atoms with Gasteiger partial charge in [-0.25, -0.2) is 0 Å². The summed E-state index contributed by atoms with van der Waals surface area (Å²) in [4.78, 5) is 0. The van der Waals surface area contributed by atoms with Crippen molar-refractivity contribution in [3.05, 3.63) is 28.2 Å². The Kier molecular flexibility index (Phi) is 5.03. The van der Waals surface area contributed by atoms with Crippen molar-refractivity contribution in [3.8, 4) is 5.75 Å². The van der Waals surface area contributed by atoms with Gasteiger partial charge in [0.25, 0.3) is 0 Å². The Hall–Kier alpha value is -0.580. The lowest BCUT2D eigenvalue weighted by Gasteiger charge is -2.29. The van der Waals surface area contributed by atoms with Gasteiger partial charge in [-0.15, -0.1) is 0 Å². The van der Waals surface area contributed by atoms with E-state index in [0.29, 0.717) is 18.6 Å². The van der Waals surface area contributed by atoms with Gasteiger partial charge in [-0.2, -0.15) is 0 Å². The number of halogens is 1. The molecule has 3 nitrogen and oxygen atoms in total. The highest BCUT2D eigenvalue weighted by Gasteiger charge is 2.21. The molecule has 18 heavy (non-hydrogen) atoms. The van der Waals surface area contributed by atoms with Crippen LogP contribution < -0.4 is 10.1 Å². The number of hydrogen-bond acceptors (Lipinski definition) is 3. The van der Waals surface area contributed by atoms with Gasteiger partial charge >= 0.3 is 0 Å². The van der Waals surface area contributed by atoms with Crippen LogP contribution in [-0.4, -0.2) is 26.3 Å². The second-order valence-corrected chi connectivity index (χ2v) is 5.69. The van der Waals surface area contributed by atoms with Crippen molar-refractivity contribution in [3.63, 3.8) is 0 Å². The first-order valence-corrected chi connectivity index (χ1v) is 7.14. The minimum Gasteiger partial charge on any atom is -0.496 e. The largest absolute Gasteiger partial charge is 0.496 e. The molecule has 1 aromatic carbocycles. The molecule has 1 aliphatic heterocycles. The average molecular weight is 314 g/mol. The van der Waals surface area contributed by atoms with Gasteiger partial charge in [0.15, 0.2) is 0 Å². The van der Waals surface area contributed by atoms with Gasteiger partial charge < -0.3 is 14.8 Å². The molecule has 0 saturated carbocycles. The maximum Gasteiger partial charge on any atom is 0.124 e. The first-order chi connectivity index (χ1) is 8.70. The van der Waals surface area contributed by atoms with Crippen LogP contribution in [0.25, 0.3) is 0 Å². The maximum atomic E-state index is 6.02. The van der Waals surface area contributed by atoms with Crippen molar-refractivity contribution in [1.82, 2.24) is 5.32 Å². The number of piperidine rings is 1. The SMILES string of the molecule is COc1ccc(Br)cc1COC1CNCCC1C. The van der Waals surface area contributed by atoms with Crippen molar-refractivity contribution in [2.24, 2.45) is 5.92 Å². The number of rotatable bonds is 4. The molecule has 2 unspecified atom stereocenters. The predicted molar refractivity (Wildman–Crippen MR) is 75.9 cm³/mol. The zero-order valence-corrected chi connectivity index (χ0v) is 12.5. The molecule has 0 aromatic heterocycles. The van der Waals surface area contributed by atoms with E-state index < -0.39 is 0 Å². The molecule has 0 aliphatic carbocycles. The molecule has 0 spiro atoms. The third kappa shape index (κ3) is 3.46. The topological polar surface area (TPSA) is 30.5 Å². The van der Waals surface area contributed by atoms with Crippen LogP contribution in [0.5, 0.6) is 5.75 Å². The molecule has 1 saturated heterocycles. The molecule has 100 valence electrons. The van der Waals surface area contributed by atoms with Crippen molar-refractivity contribution in [1.29, 1.82) is 0 Å². The van der Waals surface area contributed by atoms with Crippen molar-refractivity contribution in [2.75, 3.05) is 20.2 Å². The van der Waals surface area contributed by atoms with Crippen LogP contribution in [0.3, 0.4) is 0 Å². The fourth-order valence-electron chi connectivity index (χ4n) is 2.24. The zero-order chi connectivity index (χ0) is 13.0. The molecular weight excluding hydrogens is 294 g/mol. The van der Waals surface area contributed by atoms with E-state index in [1.54, 1.807) is 7.11 Å². The van der Waals surface area contributed by atoms with Crippen LogP contribution in [0.4, 0.5) is 0 Å². The summed E-state index contributed by atoms with van der Waals surface area (Å²) in [6, 6.07) is 6.00. The molecule has 0 amide bonds. The van der Waals surface area contributed by atoms with Gasteiger partial charge in [0.05, 0.1) is 19.8 Å². The molecule has 1 fully saturated rings. The summed E-state index contributed by atoms with van der Waals surface area (Å²) in [5.41, 5.74) is 1.09. The Labute approximate surface area is 117 Å². The Bertz CT molecular complexity index is 397. The fourth-order valence-corrected chi connectivity index (χ4v) is 2.65. The standard InChI is InChI=1S/C14H20BrNO2/c1-10-5-6-16-8-14(10)18-9-11-7-12(15)3-4-13(11)17-2/h3-4,7,10,14,16H,5-6,8-9H2,1-2H3. The number of benzene rings is 1. The molecular formula is C14H20BrNO2. The summed E-state index contributed by atoms with van der Waals surface area (Å²) in [6.45, 7) is 4.89. The van der Waals surface area contributed by atoms with Crippen LogP contribution in [-0.2, 0) is 11.3 Å². The normalized spacial score (nSPS) is 23.9. The van der Waals surface area contributed by atoms with E-state index in [4.69, 9.17) is 9.47 Å². The highest BCUT2D eigenvalue weighted by atomic mass is 79.9. The number of nitrogens with one attached hydrogen (secondary N) is 1. The van der Waals surface area contributed by atoms with E-state index in [1.165, 1.54) is 6.42 Å². The number of methoxy groups -OCH3 is 1. The third-order valence-electron chi connectivity index (χ3n) is 3.45. The van der Waals surface area contributed by atoms with Crippen LogP contribution in [0.15, 0.2) is 22.7 Å². The molecule has 0 bridgehead atoms. The zero-order valence-electron chi connectivity index (χ0n) is 10.9. The van der Waals surface area contributed by atoms with Crippen molar-refractivity contribution >= 4 is 15.9 Å². The van der Waals surface area contributed by atoms with E-state index in [2.05, 4.69) is 34.2 Å². The monoisotopic (exact) mass is 313 g/mol. The van der Waals surface area contributed by atoms with Gasteiger partial charge in [0, 0.05) is 16.6 Å². The van der Waals surface area contributed by atoms with Crippen LogP contribution >= 0.6 is 15.9 Å². The summed E-state index contributed by atoms with van der Waals surface area (Å²) < 4.78 is 12.4. The van der Waals surface area contributed by atoms with Gasteiger partial charge in [-0.1, -0.05) is 22.9 Å². The summed E-state index contributed by atoms with van der Waals surface area (Å²) >= 11 is 3.48. The first kappa shape index (κ1) is 13.8. The van der Waals surface area contributed by atoms with E-state index in [9.17, 15) is 0 Å². The molecule has 2 rings (SSSR count). The highest BCUT2D eigenvalue weighted by molar-refractivity contribution is 9.10. The Morgan fingerprint density at radius 1 is 1.44 bits per heavy atom. The number of ether oxygens (including phenoxy) is 2. The van der Waals surface area contributed by atoms with Gasteiger partial charge in [-0.3, -0.25) is 0 Å². The molecule has 1 heterocycles. The fraction of sp³-hybridized carbons (Fsp3) is 0.571. The molecule has 1 N–H and O–H groups in total.